The molecule has 4 rings (SSSR count). The Morgan fingerprint density at radius 1 is 0.938 bits per heavy atom. The third kappa shape index (κ3) is 3.91. The van der Waals surface area contributed by atoms with E-state index < -0.39 is 34.2 Å². The summed E-state index contributed by atoms with van der Waals surface area (Å²) < 4.78 is 60.9. The van der Waals surface area contributed by atoms with Crippen molar-refractivity contribution in [1.82, 2.24) is 4.31 Å². The highest BCUT2D eigenvalue weighted by Gasteiger charge is 2.41. The number of anilines is 1. The molecule has 1 heterocycles. The number of hydrogen-bond donors (Lipinski definition) is 0. The Bertz CT molecular complexity index is 1260. The quantitative estimate of drug-likeness (QED) is 0.551. The van der Waals surface area contributed by atoms with Gasteiger partial charge in [-0.3, -0.25) is 4.90 Å². The van der Waals surface area contributed by atoms with Crippen LogP contribution in [0.5, 0.6) is 5.75 Å². The molecule has 3 aromatic rings. The van der Waals surface area contributed by atoms with Gasteiger partial charge in [0.25, 0.3) is 10.0 Å². The lowest BCUT2D eigenvalue weighted by atomic mass is 10.1. The van der Waals surface area contributed by atoms with Gasteiger partial charge >= 0.3 is 6.03 Å². The molecule has 6 nitrogen and oxygen atoms in total. The molecule has 1 aliphatic heterocycles. The van der Waals surface area contributed by atoms with Gasteiger partial charge in [-0.2, -0.15) is 0 Å². The Morgan fingerprint density at radius 2 is 1.62 bits per heavy atom. The van der Waals surface area contributed by atoms with E-state index in [4.69, 9.17) is 4.74 Å². The molecule has 0 saturated heterocycles. The van der Waals surface area contributed by atoms with Gasteiger partial charge in [0.05, 0.1) is 19.3 Å². The monoisotopic (exact) mass is 458 g/mol. The van der Waals surface area contributed by atoms with E-state index in [1.165, 1.54) is 31.4 Å². The molecule has 0 aromatic heterocycles. The number of fused-ring (bicyclic) bond motifs is 1. The smallest absolute Gasteiger partial charge is 0.338 e. The number of carbonyl (C=O) groups excluding carboxylic acids is 1. The number of nitrogens with zero attached hydrogens (tertiary/aromatic N) is 2. The van der Waals surface area contributed by atoms with Crippen LogP contribution in [-0.4, -0.2) is 32.4 Å². The summed E-state index contributed by atoms with van der Waals surface area (Å²) in [5.41, 5.74) is 0.540. The molecule has 0 bridgehead atoms. The number of benzene rings is 3. The Balaban J connectivity index is 1.71. The first-order valence-corrected chi connectivity index (χ1v) is 11.3. The highest BCUT2D eigenvalue weighted by Crippen LogP contribution is 2.35. The van der Waals surface area contributed by atoms with Gasteiger partial charge in [-0.1, -0.05) is 30.3 Å². The second kappa shape index (κ2) is 8.58. The zero-order valence-electron chi connectivity index (χ0n) is 17.2. The van der Waals surface area contributed by atoms with Crippen molar-refractivity contribution in [3.8, 4) is 5.75 Å². The summed E-state index contributed by atoms with van der Waals surface area (Å²) in [4.78, 5) is 14.3. The van der Waals surface area contributed by atoms with E-state index in [1.807, 2.05) is 0 Å². The van der Waals surface area contributed by atoms with E-state index in [0.717, 1.165) is 26.9 Å². The first-order chi connectivity index (χ1) is 15.3. The van der Waals surface area contributed by atoms with Crippen LogP contribution in [0.15, 0.2) is 71.6 Å². The number of rotatable bonds is 6. The molecule has 3 aromatic carbocycles. The second-order valence-corrected chi connectivity index (χ2v) is 9.05. The first-order valence-electron chi connectivity index (χ1n) is 9.82. The number of sulfonamides is 1. The molecule has 32 heavy (non-hydrogen) atoms. The van der Waals surface area contributed by atoms with Gasteiger partial charge < -0.3 is 4.74 Å². The summed E-state index contributed by atoms with van der Waals surface area (Å²) in [6.45, 7) is -0.585. The molecule has 2 amide bonds. The number of hydrogen-bond acceptors (Lipinski definition) is 4. The molecule has 1 aliphatic rings. The van der Waals surface area contributed by atoms with Crippen molar-refractivity contribution in [1.29, 1.82) is 0 Å². The van der Waals surface area contributed by atoms with Crippen LogP contribution in [0.1, 0.15) is 11.1 Å². The Labute approximate surface area is 184 Å². The fourth-order valence-electron chi connectivity index (χ4n) is 3.63. The van der Waals surface area contributed by atoms with Gasteiger partial charge in [-0.25, -0.2) is 26.3 Å². The Kier molecular flexibility index (Phi) is 5.84. The Morgan fingerprint density at radius 3 is 2.34 bits per heavy atom. The van der Waals surface area contributed by atoms with Gasteiger partial charge in [0, 0.05) is 12.1 Å². The summed E-state index contributed by atoms with van der Waals surface area (Å²) >= 11 is 0. The Hall–Kier alpha value is -3.46. The second-order valence-electron chi connectivity index (χ2n) is 7.22. The molecule has 166 valence electrons. The summed E-state index contributed by atoms with van der Waals surface area (Å²) in [5, 5.41) is 0. The standard InChI is InChI=1S/C23H20F2N2O4S/c1-31-17-7-4-6-16(14-17)12-13-27-23(28)26(15-18-19(24)8-5-9-20(18)25)21-10-2-3-11-22(21)32(27,29)30/h2-11,14H,12-13,15H2,1H3. The van der Waals surface area contributed by atoms with Crippen LogP contribution < -0.4 is 9.64 Å². The van der Waals surface area contributed by atoms with Gasteiger partial charge in [0.2, 0.25) is 0 Å². The number of carbonyl (C=O) groups is 1. The number of ether oxygens (including phenoxy) is 1. The molecule has 0 aliphatic carbocycles. The van der Waals surface area contributed by atoms with Crippen LogP contribution in [0.4, 0.5) is 19.3 Å². The average molecular weight is 458 g/mol. The molecule has 0 fully saturated rings. The van der Waals surface area contributed by atoms with Crippen molar-refractivity contribution in [2.45, 2.75) is 17.9 Å². The molecule has 0 N–H and O–H groups in total. The number of para-hydroxylation sites is 1. The minimum Gasteiger partial charge on any atom is -0.497 e. The predicted octanol–water partition coefficient (Wildman–Crippen LogP) is 4.35. The molecular weight excluding hydrogens is 438 g/mol. The van der Waals surface area contributed by atoms with Crippen molar-refractivity contribution in [2.24, 2.45) is 0 Å². The maximum atomic E-state index is 14.3. The van der Waals surface area contributed by atoms with E-state index in [0.29, 0.717) is 5.75 Å². The van der Waals surface area contributed by atoms with E-state index in [1.54, 1.807) is 30.3 Å². The summed E-state index contributed by atoms with van der Waals surface area (Å²) in [6.07, 6.45) is 0.242. The van der Waals surface area contributed by atoms with Gasteiger partial charge in [0.1, 0.15) is 22.3 Å². The fraction of sp³-hybridized carbons (Fsp3) is 0.174. The van der Waals surface area contributed by atoms with E-state index in [2.05, 4.69) is 0 Å². The van der Waals surface area contributed by atoms with Crippen molar-refractivity contribution in [3.63, 3.8) is 0 Å². The lowest BCUT2D eigenvalue weighted by Gasteiger charge is -2.36. The van der Waals surface area contributed by atoms with Crippen LogP contribution in [0.2, 0.25) is 0 Å². The lowest BCUT2D eigenvalue weighted by molar-refractivity contribution is 0.227. The molecule has 0 atom stereocenters. The number of methoxy groups -OCH3 is 1. The first kappa shape index (κ1) is 21.8. The maximum absolute atomic E-state index is 14.3. The highest BCUT2D eigenvalue weighted by atomic mass is 32.2. The van der Waals surface area contributed by atoms with E-state index in [-0.39, 0.29) is 29.1 Å². The fourth-order valence-corrected chi connectivity index (χ4v) is 5.19. The largest absolute Gasteiger partial charge is 0.497 e. The van der Waals surface area contributed by atoms with E-state index in [9.17, 15) is 22.0 Å². The molecule has 0 saturated carbocycles. The van der Waals surface area contributed by atoms with Crippen LogP contribution >= 0.6 is 0 Å². The van der Waals surface area contributed by atoms with Gasteiger partial charge in [-0.15, -0.1) is 0 Å². The average Bonchev–Trinajstić information content (AvgIpc) is 2.78. The minimum absolute atomic E-state index is 0.0813. The maximum Gasteiger partial charge on any atom is 0.338 e. The zero-order chi connectivity index (χ0) is 22.9. The SMILES string of the molecule is COc1cccc(CCN2C(=O)N(Cc3c(F)cccc3F)c3ccccc3S2(=O)=O)c1. The highest BCUT2D eigenvalue weighted by molar-refractivity contribution is 7.90. The molecule has 0 radical (unpaired) electrons. The molecule has 9 heteroatoms. The van der Waals surface area contributed by atoms with Crippen LogP contribution in [0.3, 0.4) is 0 Å². The van der Waals surface area contributed by atoms with Crippen molar-refractivity contribution in [2.75, 3.05) is 18.6 Å². The number of amides is 2. The van der Waals surface area contributed by atoms with E-state index >= 15 is 0 Å². The molecular formula is C23H20F2N2O4S. The zero-order valence-corrected chi connectivity index (χ0v) is 18.0. The van der Waals surface area contributed by atoms with Gasteiger partial charge in [-0.05, 0) is 48.4 Å². The normalized spacial score (nSPS) is 14.9. The lowest BCUT2D eigenvalue weighted by Crippen LogP contribution is -2.51. The minimum atomic E-state index is -4.14. The third-order valence-electron chi connectivity index (χ3n) is 5.28. The predicted molar refractivity (Wildman–Crippen MR) is 115 cm³/mol. The third-order valence-corrected chi connectivity index (χ3v) is 7.10. The number of halogens is 2. The van der Waals surface area contributed by atoms with Crippen molar-refractivity contribution >= 4 is 21.7 Å². The van der Waals surface area contributed by atoms with Crippen LogP contribution in [0, 0.1) is 11.6 Å². The summed E-state index contributed by atoms with van der Waals surface area (Å²) in [7, 11) is -2.62. The van der Waals surface area contributed by atoms with Crippen molar-refractivity contribution in [3.05, 3.63) is 89.5 Å². The molecule has 0 unspecified atom stereocenters. The van der Waals surface area contributed by atoms with Crippen molar-refractivity contribution < 1.29 is 26.7 Å². The van der Waals surface area contributed by atoms with Crippen LogP contribution in [-0.2, 0) is 23.0 Å². The molecule has 0 spiro atoms. The topological polar surface area (TPSA) is 66.9 Å². The van der Waals surface area contributed by atoms with Gasteiger partial charge in [0.15, 0.2) is 0 Å². The summed E-state index contributed by atoms with van der Waals surface area (Å²) in [5.74, 6) is -1.02. The van der Waals surface area contributed by atoms with Crippen LogP contribution in [0.25, 0.3) is 0 Å². The summed E-state index contributed by atoms with van der Waals surface area (Å²) in [6, 6.07) is 15.5. The number of urea groups is 1.